The molecule has 0 aromatic heterocycles. The van der Waals surface area contributed by atoms with Crippen molar-refractivity contribution in [3.63, 3.8) is 0 Å². The molecule has 2 aliphatic rings. The van der Waals surface area contributed by atoms with Gasteiger partial charge in [-0.2, -0.15) is 0 Å². The molecule has 0 radical (unpaired) electrons. The van der Waals surface area contributed by atoms with Crippen molar-refractivity contribution in [2.24, 2.45) is 35.3 Å². The van der Waals surface area contributed by atoms with Crippen molar-refractivity contribution in [1.82, 2.24) is 0 Å². The topological polar surface area (TPSA) is 43.1 Å². The number of Topliss-reactive ketones (excluding diaryl/α,β-unsaturated/α-hetero) is 1. The predicted molar refractivity (Wildman–Crippen MR) is 75.2 cm³/mol. The van der Waals surface area contributed by atoms with Crippen molar-refractivity contribution in [2.75, 3.05) is 6.54 Å². The van der Waals surface area contributed by atoms with E-state index in [4.69, 9.17) is 5.73 Å². The van der Waals surface area contributed by atoms with Crippen molar-refractivity contribution >= 4 is 5.78 Å². The molecule has 2 heteroatoms. The number of hydrogen-bond donors (Lipinski definition) is 1. The highest BCUT2D eigenvalue weighted by Crippen LogP contribution is 2.38. The van der Waals surface area contributed by atoms with Crippen LogP contribution in [0.1, 0.15) is 58.8 Å². The second-order valence-corrected chi connectivity index (χ2v) is 6.82. The van der Waals surface area contributed by atoms with E-state index in [1.54, 1.807) is 0 Å². The number of nitrogens with two attached hydrogens (primary N) is 1. The van der Waals surface area contributed by atoms with Crippen LogP contribution < -0.4 is 5.73 Å². The van der Waals surface area contributed by atoms with Crippen LogP contribution in [0.25, 0.3) is 0 Å². The van der Waals surface area contributed by atoms with Crippen LogP contribution in [-0.2, 0) is 4.79 Å². The second-order valence-electron chi connectivity index (χ2n) is 6.82. The van der Waals surface area contributed by atoms with Crippen molar-refractivity contribution < 1.29 is 4.79 Å². The van der Waals surface area contributed by atoms with Crippen LogP contribution in [0, 0.1) is 29.6 Å². The Labute approximate surface area is 112 Å². The Morgan fingerprint density at radius 2 is 1.56 bits per heavy atom. The largest absolute Gasteiger partial charge is 0.330 e. The zero-order valence-electron chi connectivity index (χ0n) is 12.0. The summed E-state index contributed by atoms with van der Waals surface area (Å²) in [6.07, 6.45) is 8.06. The maximum atomic E-state index is 12.6. The molecule has 0 aromatic rings. The molecule has 3 atom stereocenters. The van der Waals surface area contributed by atoms with Crippen molar-refractivity contribution in [3.05, 3.63) is 0 Å². The molecular weight excluding hydrogens is 222 g/mol. The van der Waals surface area contributed by atoms with Gasteiger partial charge >= 0.3 is 0 Å². The zero-order chi connectivity index (χ0) is 13.1. The van der Waals surface area contributed by atoms with Gasteiger partial charge < -0.3 is 5.73 Å². The van der Waals surface area contributed by atoms with E-state index >= 15 is 0 Å². The molecule has 2 saturated carbocycles. The van der Waals surface area contributed by atoms with Crippen LogP contribution in [0.5, 0.6) is 0 Å². The summed E-state index contributed by atoms with van der Waals surface area (Å²) in [4.78, 5) is 12.6. The monoisotopic (exact) mass is 251 g/mol. The number of rotatable bonds is 3. The molecule has 2 N–H and O–H groups in total. The summed E-state index contributed by atoms with van der Waals surface area (Å²) in [6.45, 7) is 5.45. The predicted octanol–water partition coefficient (Wildman–Crippen LogP) is 3.39. The van der Waals surface area contributed by atoms with Crippen LogP contribution in [0.2, 0.25) is 0 Å². The number of carbonyl (C=O) groups excluding carboxylic acids is 1. The Hall–Kier alpha value is -0.370. The van der Waals surface area contributed by atoms with Crippen molar-refractivity contribution in [1.29, 1.82) is 0 Å². The van der Waals surface area contributed by atoms with Gasteiger partial charge in [0.2, 0.25) is 0 Å². The lowest BCUT2D eigenvalue weighted by atomic mass is 9.69. The summed E-state index contributed by atoms with van der Waals surface area (Å²) in [5.41, 5.74) is 5.72. The maximum Gasteiger partial charge on any atom is 0.139 e. The van der Waals surface area contributed by atoms with Crippen LogP contribution in [0.4, 0.5) is 0 Å². The highest BCUT2D eigenvalue weighted by atomic mass is 16.1. The molecule has 0 bridgehead atoms. The third-order valence-electron chi connectivity index (χ3n) is 5.58. The maximum absolute atomic E-state index is 12.6. The van der Waals surface area contributed by atoms with E-state index in [-0.39, 0.29) is 0 Å². The second kappa shape index (κ2) is 6.18. The lowest BCUT2D eigenvalue weighted by Crippen LogP contribution is -2.33. The fourth-order valence-electron chi connectivity index (χ4n) is 3.82. The Bertz CT molecular complexity index is 281. The molecule has 2 rings (SSSR count). The molecular formula is C16H29NO. The van der Waals surface area contributed by atoms with Gasteiger partial charge in [-0.3, -0.25) is 4.79 Å². The van der Waals surface area contributed by atoms with Gasteiger partial charge in [0, 0.05) is 11.8 Å². The van der Waals surface area contributed by atoms with Gasteiger partial charge in [-0.1, -0.05) is 13.8 Å². The highest BCUT2D eigenvalue weighted by Gasteiger charge is 2.34. The fourth-order valence-corrected chi connectivity index (χ4v) is 3.82. The molecule has 2 nitrogen and oxygen atoms in total. The standard InChI is InChI=1S/C16H29NO/c1-11-3-6-15(9-12(11)2)16(18)14-7-4-13(10-17)5-8-14/h11-15H,3-10,17H2,1-2H3. The van der Waals surface area contributed by atoms with Crippen LogP contribution in [0.15, 0.2) is 0 Å². The molecule has 0 aromatic carbocycles. The van der Waals surface area contributed by atoms with Crippen LogP contribution in [-0.4, -0.2) is 12.3 Å². The SMILES string of the molecule is CC1CCC(C(=O)C2CCC(CN)CC2)CC1C. The van der Waals surface area contributed by atoms with Gasteiger partial charge in [0.05, 0.1) is 0 Å². The first-order valence-corrected chi connectivity index (χ1v) is 7.85. The minimum atomic E-state index is 0.360. The molecule has 0 spiro atoms. The van der Waals surface area contributed by atoms with E-state index in [1.165, 1.54) is 19.3 Å². The van der Waals surface area contributed by atoms with Gasteiger partial charge in [-0.15, -0.1) is 0 Å². The van der Waals surface area contributed by atoms with E-state index < -0.39 is 0 Å². The summed E-state index contributed by atoms with van der Waals surface area (Å²) >= 11 is 0. The van der Waals surface area contributed by atoms with Gasteiger partial charge in [-0.05, 0) is 69.2 Å². The normalized spacial score (nSPS) is 41.6. The summed E-state index contributed by atoms with van der Waals surface area (Å²) in [5.74, 6) is 3.53. The first-order chi connectivity index (χ1) is 8.61. The molecule has 0 heterocycles. The fraction of sp³-hybridized carbons (Fsp3) is 0.938. The minimum absolute atomic E-state index is 0.360. The van der Waals surface area contributed by atoms with Gasteiger partial charge in [0.25, 0.3) is 0 Å². The molecule has 3 unspecified atom stereocenters. The van der Waals surface area contributed by atoms with Crippen LogP contribution in [0.3, 0.4) is 0 Å². The summed E-state index contributed by atoms with van der Waals surface area (Å²) < 4.78 is 0. The zero-order valence-corrected chi connectivity index (χ0v) is 12.0. The Morgan fingerprint density at radius 1 is 0.944 bits per heavy atom. The van der Waals surface area contributed by atoms with E-state index in [0.717, 1.165) is 44.1 Å². The van der Waals surface area contributed by atoms with E-state index in [2.05, 4.69) is 13.8 Å². The Kier molecular flexibility index (Phi) is 4.83. The smallest absolute Gasteiger partial charge is 0.139 e. The molecule has 18 heavy (non-hydrogen) atoms. The quantitative estimate of drug-likeness (QED) is 0.835. The number of hydrogen-bond acceptors (Lipinski definition) is 2. The average molecular weight is 251 g/mol. The summed E-state index contributed by atoms with van der Waals surface area (Å²) in [5, 5.41) is 0. The summed E-state index contributed by atoms with van der Waals surface area (Å²) in [7, 11) is 0. The van der Waals surface area contributed by atoms with E-state index in [9.17, 15) is 4.79 Å². The Morgan fingerprint density at radius 3 is 2.11 bits per heavy atom. The molecule has 2 aliphatic carbocycles. The van der Waals surface area contributed by atoms with Gasteiger partial charge in [-0.25, -0.2) is 0 Å². The van der Waals surface area contributed by atoms with Crippen molar-refractivity contribution in [3.8, 4) is 0 Å². The first kappa shape index (κ1) is 14.0. The summed E-state index contributed by atoms with van der Waals surface area (Å²) in [6, 6.07) is 0. The van der Waals surface area contributed by atoms with E-state index in [1.807, 2.05) is 0 Å². The molecule has 0 saturated heterocycles. The van der Waals surface area contributed by atoms with Crippen LogP contribution >= 0.6 is 0 Å². The number of carbonyl (C=O) groups is 1. The third kappa shape index (κ3) is 3.14. The Balaban J connectivity index is 1.84. The molecule has 0 amide bonds. The van der Waals surface area contributed by atoms with Gasteiger partial charge in [0.15, 0.2) is 0 Å². The lowest BCUT2D eigenvalue weighted by Gasteiger charge is -2.35. The molecule has 104 valence electrons. The highest BCUT2D eigenvalue weighted by molar-refractivity contribution is 5.83. The lowest BCUT2D eigenvalue weighted by molar-refractivity contribution is -0.129. The molecule has 2 fully saturated rings. The third-order valence-corrected chi connectivity index (χ3v) is 5.58. The van der Waals surface area contributed by atoms with E-state index in [0.29, 0.717) is 23.5 Å². The van der Waals surface area contributed by atoms with Gasteiger partial charge in [0.1, 0.15) is 5.78 Å². The molecule has 0 aliphatic heterocycles. The first-order valence-electron chi connectivity index (χ1n) is 7.85. The minimum Gasteiger partial charge on any atom is -0.330 e. The van der Waals surface area contributed by atoms with Crippen molar-refractivity contribution in [2.45, 2.75) is 58.8 Å². The number of ketones is 1. The average Bonchev–Trinajstić information content (AvgIpc) is 2.41.